The molecule has 110 valence electrons. The lowest BCUT2D eigenvalue weighted by Crippen LogP contribution is -2.20. The summed E-state index contributed by atoms with van der Waals surface area (Å²) in [6.07, 6.45) is 7.25. The molecule has 0 saturated carbocycles. The van der Waals surface area contributed by atoms with E-state index >= 15 is 0 Å². The molecule has 1 nitrogen and oxygen atoms in total. The second-order valence-electron chi connectivity index (χ2n) is 6.30. The van der Waals surface area contributed by atoms with E-state index in [-0.39, 0.29) is 5.41 Å². The molecule has 21 heavy (non-hydrogen) atoms. The SMILES string of the molecule is C=C1N(Cc2ccc(F)cc2F)C2=CC=CCC2C1(C)C. The van der Waals surface area contributed by atoms with Gasteiger partial charge in [-0.3, -0.25) is 0 Å². The molecule has 0 aromatic heterocycles. The Bertz CT molecular complexity index is 655. The predicted molar refractivity (Wildman–Crippen MR) is 80.2 cm³/mol. The van der Waals surface area contributed by atoms with E-state index in [9.17, 15) is 8.78 Å². The Morgan fingerprint density at radius 1 is 1.33 bits per heavy atom. The highest BCUT2D eigenvalue weighted by molar-refractivity contribution is 5.36. The van der Waals surface area contributed by atoms with Crippen LogP contribution in [0.15, 0.2) is 54.4 Å². The smallest absolute Gasteiger partial charge is 0.131 e. The van der Waals surface area contributed by atoms with E-state index in [0.717, 1.165) is 18.2 Å². The average molecular weight is 287 g/mol. The molecular formula is C18H19F2N. The summed E-state index contributed by atoms with van der Waals surface area (Å²) in [4.78, 5) is 2.07. The first-order valence-electron chi connectivity index (χ1n) is 7.19. The molecule has 1 aromatic carbocycles. The molecule has 1 fully saturated rings. The van der Waals surface area contributed by atoms with Crippen molar-refractivity contribution in [2.75, 3.05) is 0 Å². The van der Waals surface area contributed by atoms with Crippen LogP contribution >= 0.6 is 0 Å². The van der Waals surface area contributed by atoms with Crippen molar-refractivity contribution >= 4 is 0 Å². The van der Waals surface area contributed by atoms with Crippen molar-refractivity contribution in [2.45, 2.75) is 26.8 Å². The first-order chi connectivity index (χ1) is 9.91. The van der Waals surface area contributed by atoms with Crippen molar-refractivity contribution < 1.29 is 8.78 Å². The molecule has 0 radical (unpaired) electrons. The van der Waals surface area contributed by atoms with Gasteiger partial charge in [0.15, 0.2) is 0 Å². The van der Waals surface area contributed by atoms with Gasteiger partial charge in [-0.15, -0.1) is 0 Å². The largest absolute Gasteiger partial charge is 0.344 e. The number of nitrogens with zero attached hydrogens (tertiary/aromatic N) is 1. The van der Waals surface area contributed by atoms with Crippen LogP contribution in [0.4, 0.5) is 8.78 Å². The van der Waals surface area contributed by atoms with E-state index < -0.39 is 11.6 Å². The molecule has 1 atom stereocenters. The summed E-state index contributed by atoms with van der Waals surface area (Å²) in [6, 6.07) is 3.75. The average Bonchev–Trinajstić information content (AvgIpc) is 2.63. The molecule has 1 heterocycles. The Labute approximate surface area is 124 Å². The van der Waals surface area contributed by atoms with Crippen molar-refractivity contribution in [3.63, 3.8) is 0 Å². The van der Waals surface area contributed by atoms with Gasteiger partial charge in [-0.2, -0.15) is 0 Å². The molecule has 3 heteroatoms. The van der Waals surface area contributed by atoms with Crippen LogP contribution in [0.3, 0.4) is 0 Å². The zero-order chi connectivity index (χ0) is 15.2. The summed E-state index contributed by atoms with van der Waals surface area (Å²) in [5, 5.41) is 0. The maximum absolute atomic E-state index is 13.9. The molecule has 1 aliphatic heterocycles. The standard InChI is InChI=1S/C18H19F2N/c1-12-18(2,3)15-6-4-5-7-17(15)21(12)11-13-8-9-14(19)10-16(13)20/h4-5,7-10,15H,1,6,11H2,2-3H3. The van der Waals surface area contributed by atoms with E-state index in [2.05, 4.69) is 37.5 Å². The molecule has 2 aliphatic rings. The Morgan fingerprint density at radius 2 is 2.10 bits per heavy atom. The summed E-state index contributed by atoms with van der Waals surface area (Å²) in [7, 11) is 0. The normalized spacial score (nSPS) is 23.2. The maximum atomic E-state index is 13.9. The van der Waals surface area contributed by atoms with Gasteiger partial charge in [-0.05, 0) is 18.6 Å². The van der Waals surface area contributed by atoms with E-state index in [1.54, 1.807) is 0 Å². The first-order valence-corrected chi connectivity index (χ1v) is 7.19. The third-order valence-corrected chi connectivity index (χ3v) is 4.73. The minimum atomic E-state index is -0.547. The van der Waals surface area contributed by atoms with Crippen LogP contribution in [-0.4, -0.2) is 4.90 Å². The lowest BCUT2D eigenvalue weighted by atomic mass is 9.76. The topological polar surface area (TPSA) is 3.24 Å². The second-order valence-corrected chi connectivity index (χ2v) is 6.30. The van der Waals surface area contributed by atoms with Crippen LogP contribution in [0.2, 0.25) is 0 Å². The lowest BCUT2D eigenvalue weighted by Gasteiger charge is -2.26. The molecule has 0 N–H and O–H groups in total. The summed E-state index contributed by atoms with van der Waals surface area (Å²) in [5.41, 5.74) is 2.61. The van der Waals surface area contributed by atoms with E-state index in [4.69, 9.17) is 0 Å². The molecule has 1 unspecified atom stereocenters. The van der Waals surface area contributed by atoms with Crippen LogP contribution in [0.25, 0.3) is 0 Å². The fraction of sp³-hybridized carbons (Fsp3) is 0.333. The number of hydrogen-bond acceptors (Lipinski definition) is 1. The first kappa shape index (κ1) is 14.1. The molecular weight excluding hydrogens is 268 g/mol. The Balaban J connectivity index is 1.96. The summed E-state index contributed by atoms with van der Waals surface area (Å²) < 4.78 is 27.0. The zero-order valence-corrected chi connectivity index (χ0v) is 12.4. The van der Waals surface area contributed by atoms with Gasteiger partial charge in [0.05, 0.1) is 6.54 Å². The molecule has 0 bridgehead atoms. The van der Waals surface area contributed by atoms with E-state index in [0.29, 0.717) is 18.0 Å². The van der Waals surface area contributed by atoms with Crippen molar-refractivity contribution in [3.8, 4) is 0 Å². The number of hydrogen-bond donors (Lipinski definition) is 0. The number of halogens is 2. The Morgan fingerprint density at radius 3 is 2.81 bits per heavy atom. The predicted octanol–water partition coefficient (Wildman–Crippen LogP) is 4.78. The van der Waals surface area contributed by atoms with Crippen LogP contribution < -0.4 is 0 Å². The number of benzene rings is 1. The van der Waals surface area contributed by atoms with Gasteiger partial charge in [-0.1, -0.05) is 38.6 Å². The lowest BCUT2D eigenvalue weighted by molar-refractivity contribution is 0.338. The van der Waals surface area contributed by atoms with E-state index in [1.165, 1.54) is 17.8 Å². The third kappa shape index (κ3) is 2.21. The number of fused-ring (bicyclic) bond motifs is 1. The Hall–Kier alpha value is -1.90. The molecule has 1 aliphatic carbocycles. The Kier molecular flexibility index (Phi) is 3.23. The molecule has 1 aromatic rings. The quantitative estimate of drug-likeness (QED) is 0.756. The summed E-state index contributed by atoms with van der Waals surface area (Å²) in [5.74, 6) is -0.677. The zero-order valence-electron chi connectivity index (χ0n) is 12.4. The minimum Gasteiger partial charge on any atom is -0.344 e. The number of likely N-dealkylation sites (tertiary alicyclic amines) is 1. The monoisotopic (exact) mass is 287 g/mol. The third-order valence-electron chi connectivity index (χ3n) is 4.73. The van der Waals surface area contributed by atoms with Gasteiger partial charge >= 0.3 is 0 Å². The molecule has 3 rings (SSSR count). The highest BCUT2D eigenvalue weighted by Crippen LogP contribution is 2.52. The highest BCUT2D eigenvalue weighted by Gasteiger charge is 2.45. The number of allylic oxidation sites excluding steroid dienone is 5. The number of rotatable bonds is 2. The van der Waals surface area contributed by atoms with Crippen LogP contribution in [0.1, 0.15) is 25.8 Å². The summed E-state index contributed by atoms with van der Waals surface area (Å²) in [6.45, 7) is 8.96. The van der Waals surface area contributed by atoms with Gasteiger partial charge in [0.1, 0.15) is 11.6 Å². The minimum absolute atomic E-state index is 0.0485. The van der Waals surface area contributed by atoms with Crippen molar-refractivity contribution in [2.24, 2.45) is 11.3 Å². The summed E-state index contributed by atoms with van der Waals surface area (Å²) >= 11 is 0. The molecule has 0 amide bonds. The second kappa shape index (κ2) is 4.83. The van der Waals surface area contributed by atoms with Gasteiger partial charge in [0.25, 0.3) is 0 Å². The van der Waals surface area contributed by atoms with Crippen LogP contribution in [0, 0.1) is 23.0 Å². The van der Waals surface area contributed by atoms with Crippen LogP contribution in [0.5, 0.6) is 0 Å². The van der Waals surface area contributed by atoms with E-state index in [1.807, 2.05) is 6.08 Å². The van der Waals surface area contributed by atoms with Gasteiger partial charge in [-0.25, -0.2) is 8.78 Å². The fourth-order valence-corrected chi connectivity index (χ4v) is 3.27. The fourth-order valence-electron chi connectivity index (χ4n) is 3.27. The van der Waals surface area contributed by atoms with Gasteiger partial charge in [0.2, 0.25) is 0 Å². The van der Waals surface area contributed by atoms with Crippen molar-refractivity contribution in [3.05, 3.63) is 71.6 Å². The molecule has 0 spiro atoms. The van der Waals surface area contributed by atoms with Crippen molar-refractivity contribution in [1.82, 2.24) is 4.90 Å². The van der Waals surface area contributed by atoms with Crippen LogP contribution in [-0.2, 0) is 6.54 Å². The maximum Gasteiger partial charge on any atom is 0.131 e. The highest BCUT2D eigenvalue weighted by atomic mass is 19.1. The molecule has 1 saturated heterocycles. The van der Waals surface area contributed by atoms with Crippen molar-refractivity contribution in [1.29, 1.82) is 0 Å². The van der Waals surface area contributed by atoms with Gasteiger partial charge < -0.3 is 4.90 Å². The van der Waals surface area contributed by atoms with Gasteiger partial charge in [0, 0.05) is 34.4 Å².